The quantitative estimate of drug-likeness (QED) is 0.208. The van der Waals surface area contributed by atoms with Gasteiger partial charge in [-0.05, 0) is 55.2 Å². The first-order valence-corrected chi connectivity index (χ1v) is 13.5. The number of hydrogen-bond acceptors (Lipinski definition) is 5. The number of amides is 1. The van der Waals surface area contributed by atoms with Gasteiger partial charge in [-0.25, -0.2) is 0 Å². The second-order valence-corrected chi connectivity index (χ2v) is 10.7. The summed E-state index contributed by atoms with van der Waals surface area (Å²) in [4.78, 5) is 32.9. The Hall–Kier alpha value is -3.19. The molecule has 0 spiro atoms. The Labute approximate surface area is 217 Å². The Morgan fingerprint density at radius 2 is 1.89 bits per heavy atom. The number of non-ortho nitro benzene ring substituents is 1. The molecule has 36 heavy (non-hydrogen) atoms. The molecule has 4 rings (SSSR count). The lowest BCUT2D eigenvalue weighted by Gasteiger charge is -2.25. The molecule has 0 aliphatic heterocycles. The van der Waals surface area contributed by atoms with E-state index in [1.807, 2.05) is 30.0 Å². The van der Waals surface area contributed by atoms with Crippen LogP contribution in [0.4, 0.5) is 5.69 Å². The van der Waals surface area contributed by atoms with Crippen molar-refractivity contribution in [3.05, 3.63) is 93.8 Å². The molecule has 0 saturated heterocycles. The van der Waals surface area contributed by atoms with Gasteiger partial charge in [0.25, 0.3) is 5.69 Å². The van der Waals surface area contributed by atoms with Crippen molar-refractivity contribution in [3.63, 3.8) is 0 Å². The fraction of sp³-hybridized carbons (Fsp3) is 0.379. The summed E-state index contributed by atoms with van der Waals surface area (Å²) in [7, 11) is 0. The zero-order chi connectivity index (χ0) is 25.3. The highest BCUT2D eigenvalue weighted by Gasteiger charge is 2.22. The molecule has 0 atom stereocenters. The normalized spacial score (nSPS) is 13.6. The number of aryl methyl sites for hydroxylation is 1. The molecule has 1 aliphatic rings. The summed E-state index contributed by atoms with van der Waals surface area (Å²) in [6.45, 7) is 2.91. The van der Waals surface area contributed by atoms with Crippen molar-refractivity contribution in [2.24, 2.45) is 5.92 Å². The second-order valence-electron chi connectivity index (χ2n) is 9.54. The molecule has 1 heterocycles. The largest absolute Gasteiger partial charge is 0.338 e. The summed E-state index contributed by atoms with van der Waals surface area (Å²) in [6, 6.07) is 19.0. The highest BCUT2D eigenvalue weighted by molar-refractivity contribution is 7.99. The van der Waals surface area contributed by atoms with Crippen LogP contribution in [0.15, 0.2) is 76.7 Å². The topological polar surface area (TPSA) is 76.3 Å². The Morgan fingerprint density at radius 3 is 2.58 bits per heavy atom. The smallest absolute Gasteiger partial charge is 0.269 e. The van der Waals surface area contributed by atoms with Crippen LogP contribution in [0.3, 0.4) is 0 Å². The monoisotopic (exact) mass is 503 g/mol. The summed E-state index contributed by atoms with van der Waals surface area (Å²) < 4.78 is 0. The zero-order valence-corrected chi connectivity index (χ0v) is 21.6. The van der Waals surface area contributed by atoms with E-state index in [1.165, 1.54) is 31.2 Å². The predicted octanol–water partition coefficient (Wildman–Crippen LogP) is 6.99. The number of aromatic nitrogens is 1. The zero-order valence-electron chi connectivity index (χ0n) is 20.8. The molecule has 0 unspecified atom stereocenters. The van der Waals surface area contributed by atoms with E-state index in [0.717, 1.165) is 27.5 Å². The molecule has 7 heteroatoms. The Kier molecular flexibility index (Phi) is 9.11. The van der Waals surface area contributed by atoms with Crippen molar-refractivity contribution in [2.75, 3.05) is 6.54 Å². The second kappa shape index (κ2) is 12.7. The summed E-state index contributed by atoms with van der Waals surface area (Å²) in [5.41, 5.74) is 2.95. The number of nitrogens with zero attached hydrogens (tertiary/aromatic N) is 3. The average Bonchev–Trinajstić information content (AvgIpc) is 3.41. The molecular weight excluding hydrogens is 470 g/mol. The number of hydrogen-bond donors (Lipinski definition) is 0. The third kappa shape index (κ3) is 7.40. The molecular formula is C29H33N3O3S. The van der Waals surface area contributed by atoms with Crippen LogP contribution < -0.4 is 0 Å². The molecule has 1 saturated carbocycles. The van der Waals surface area contributed by atoms with Crippen LogP contribution in [-0.4, -0.2) is 27.3 Å². The number of benzene rings is 2. The Morgan fingerprint density at radius 1 is 1.11 bits per heavy atom. The van der Waals surface area contributed by atoms with E-state index in [4.69, 9.17) is 0 Å². The number of carbonyl (C=O) groups excluding carboxylic acids is 1. The Balaban J connectivity index is 1.56. The third-order valence-electron chi connectivity index (χ3n) is 6.82. The van der Waals surface area contributed by atoms with E-state index in [9.17, 15) is 14.9 Å². The molecule has 1 fully saturated rings. The van der Waals surface area contributed by atoms with E-state index < -0.39 is 0 Å². The maximum atomic E-state index is 13.4. The van der Waals surface area contributed by atoms with E-state index in [1.54, 1.807) is 36.2 Å². The van der Waals surface area contributed by atoms with Crippen molar-refractivity contribution in [2.45, 2.75) is 68.2 Å². The number of nitro benzene ring substituents is 1. The molecule has 0 N–H and O–H groups in total. The van der Waals surface area contributed by atoms with E-state index >= 15 is 0 Å². The van der Waals surface area contributed by atoms with Gasteiger partial charge in [0.15, 0.2) is 0 Å². The lowest BCUT2D eigenvalue weighted by Crippen LogP contribution is -2.33. The predicted molar refractivity (Wildman–Crippen MR) is 143 cm³/mol. The first kappa shape index (κ1) is 25.9. The first-order valence-electron chi connectivity index (χ1n) is 12.7. The molecule has 188 valence electrons. The standard InChI is InChI=1S/C29H33N3O3S/c1-22-9-13-27(14-10-22)36-28-15-12-26(32(34)35)20-24(28)21-31(19-17-25-8-4-5-18-30-25)29(33)16-11-23-6-2-3-7-23/h4-5,8-10,12-15,18,20,23H,2-3,6-7,11,16-17,19,21H2,1H3. The Bertz CT molecular complexity index is 1160. The van der Waals surface area contributed by atoms with Crippen LogP contribution in [0.2, 0.25) is 0 Å². The average molecular weight is 504 g/mol. The molecule has 1 aliphatic carbocycles. The first-order chi connectivity index (χ1) is 17.5. The van der Waals surface area contributed by atoms with Gasteiger partial charge in [0, 0.05) is 59.7 Å². The minimum Gasteiger partial charge on any atom is -0.338 e. The number of rotatable bonds is 11. The molecule has 0 radical (unpaired) electrons. The van der Waals surface area contributed by atoms with Gasteiger partial charge in [0.1, 0.15) is 0 Å². The summed E-state index contributed by atoms with van der Waals surface area (Å²) >= 11 is 1.57. The minimum absolute atomic E-state index is 0.0429. The van der Waals surface area contributed by atoms with Gasteiger partial charge in [0.2, 0.25) is 5.91 Å². The molecule has 3 aromatic rings. The van der Waals surface area contributed by atoms with E-state index in [0.29, 0.717) is 31.8 Å². The number of nitro groups is 1. The fourth-order valence-electron chi connectivity index (χ4n) is 4.71. The maximum Gasteiger partial charge on any atom is 0.269 e. The van der Waals surface area contributed by atoms with Crippen molar-refractivity contribution in [3.8, 4) is 0 Å². The van der Waals surface area contributed by atoms with Gasteiger partial charge in [-0.1, -0.05) is 61.2 Å². The molecule has 1 aromatic heterocycles. The highest BCUT2D eigenvalue weighted by Crippen LogP contribution is 2.34. The van der Waals surface area contributed by atoms with E-state index in [-0.39, 0.29) is 16.5 Å². The van der Waals surface area contributed by atoms with Gasteiger partial charge in [-0.2, -0.15) is 0 Å². The van der Waals surface area contributed by atoms with Crippen LogP contribution in [-0.2, 0) is 17.8 Å². The van der Waals surface area contributed by atoms with Crippen molar-refractivity contribution < 1.29 is 9.72 Å². The van der Waals surface area contributed by atoms with Gasteiger partial charge < -0.3 is 4.90 Å². The lowest BCUT2D eigenvalue weighted by molar-refractivity contribution is -0.385. The van der Waals surface area contributed by atoms with Crippen molar-refractivity contribution >= 4 is 23.4 Å². The lowest BCUT2D eigenvalue weighted by atomic mass is 10.0. The molecule has 2 aromatic carbocycles. The van der Waals surface area contributed by atoms with Crippen LogP contribution in [0.5, 0.6) is 0 Å². The van der Waals surface area contributed by atoms with Gasteiger partial charge >= 0.3 is 0 Å². The minimum atomic E-state index is -0.371. The van der Waals surface area contributed by atoms with Gasteiger partial charge in [-0.3, -0.25) is 19.9 Å². The highest BCUT2D eigenvalue weighted by atomic mass is 32.2. The summed E-state index contributed by atoms with van der Waals surface area (Å²) in [5, 5.41) is 11.6. The van der Waals surface area contributed by atoms with Crippen molar-refractivity contribution in [1.82, 2.24) is 9.88 Å². The maximum absolute atomic E-state index is 13.4. The SMILES string of the molecule is Cc1ccc(Sc2ccc([N+](=O)[O-])cc2CN(CCc2ccccn2)C(=O)CCC2CCCC2)cc1. The molecule has 1 amide bonds. The summed E-state index contributed by atoms with van der Waals surface area (Å²) in [6.07, 6.45) is 8.78. The van der Waals surface area contributed by atoms with Gasteiger partial charge in [-0.15, -0.1) is 0 Å². The van der Waals surface area contributed by atoms with Crippen LogP contribution in [0.1, 0.15) is 55.3 Å². The van der Waals surface area contributed by atoms with Gasteiger partial charge in [0.05, 0.1) is 4.92 Å². The number of pyridine rings is 1. The fourth-order valence-corrected chi connectivity index (χ4v) is 5.63. The van der Waals surface area contributed by atoms with Crippen LogP contribution in [0, 0.1) is 23.0 Å². The molecule has 6 nitrogen and oxygen atoms in total. The van der Waals surface area contributed by atoms with Crippen molar-refractivity contribution in [1.29, 1.82) is 0 Å². The van der Waals surface area contributed by atoms with E-state index in [2.05, 4.69) is 29.2 Å². The third-order valence-corrected chi connectivity index (χ3v) is 7.95. The van der Waals surface area contributed by atoms with Crippen LogP contribution >= 0.6 is 11.8 Å². The van der Waals surface area contributed by atoms with Crippen LogP contribution in [0.25, 0.3) is 0 Å². The molecule has 0 bridgehead atoms. The summed E-state index contributed by atoms with van der Waals surface area (Å²) in [5.74, 6) is 0.743. The number of carbonyl (C=O) groups is 1.